The van der Waals surface area contributed by atoms with E-state index in [1.54, 1.807) is 0 Å². The maximum Gasteiger partial charge on any atom is 0.136 e. The molecule has 1 aromatic rings. The van der Waals surface area contributed by atoms with Crippen LogP contribution in [0, 0.1) is 6.20 Å². The van der Waals surface area contributed by atoms with Gasteiger partial charge in [-0.25, -0.2) is 0 Å². The van der Waals surface area contributed by atoms with Gasteiger partial charge in [0.1, 0.15) is 6.20 Å². The minimum absolute atomic E-state index is 0.917. The van der Waals surface area contributed by atoms with Crippen LogP contribution in [0.3, 0.4) is 0 Å². The highest BCUT2D eigenvalue weighted by Gasteiger charge is 1.75. The molecule has 0 aromatic carbocycles. The second kappa shape index (κ2) is 1.26. The van der Waals surface area contributed by atoms with E-state index in [-0.39, 0.29) is 0 Å². The van der Waals surface area contributed by atoms with Crippen LogP contribution in [0.4, 0.5) is 0 Å². The lowest BCUT2D eigenvalue weighted by molar-refractivity contribution is 0.846. The van der Waals surface area contributed by atoms with E-state index >= 15 is 0 Å². The lowest BCUT2D eigenvalue weighted by Crippen LogP contribution is -1.80. The summed E-state index contributed by atoms with van der Waals surface area (Å²) in [6, 6.07) is 0. The molecule has 1 aromatic heterocycles. The first kappa shape index (κ1) is 3.61. The van der Waals surface area contributed by atoms with Crippen molar-refractivity contribution in [3.05, 3.63) is 12.4 Å². The quantitative estimate of drug-likeness (QED) is 0.465. The molecule has 0 fully saturated rings. The zero-order chi connectivity index (χ0) is 4.41. The van der Waals surface area contributed by atoms with Crippen molar-refractivity contribution in [1.82, 2.24) is 14.5 Å². The Kier molecular flexibility index (Phi) is 0.759. The molecule has 1 rings (SSSR count). The van der Waals surface area contributed by atoms with Gasteiger partial charge in [0.15, 0.2) is 0 Å². The molecule has 1 radical (unpaired) electrons. The van der Waals surface area contributed by atoms with Crippen LogP contribution < -0.4 is 0 Å². The Labute approximate surface area is 39.6 Å². The summed E-state index contributed by atoms with van der Waals surface area (Å²) in [5.74, 6) is 0. The van der Waals surface area contributed by atoms with Crippen LogP contribution >= 0.6 is 11.8 Å². The molecule has 0 atom stereocenters. The minimum Gasteiger partial charge on any atom is -0.144 e. The van der Waals surface area contributed by atoms with Crippen LogP contribution in [-0.2, 0) is 0 Å². The van der Waals surface area contributed by atoms with Gasteiger partial charge in [0.25, 0.3) is 0 Å². The monoisotopic (exact) mass is 102 g/mol. The highest BCUT2D eigenvalue weighted by molar-refractivity contribution is 6.13. The van der Waals surface area contributed by atoms with Gasteiger partial charge < -0.3 is 0 Å². The summed E-state index contributed by atoms with van der Waals surface area (Å²) >= 11 is 5.12. The van der Waals surface area contributed by atoms with Crippen LogP contribution in [0.15, 0.2) is 6.20 Å². The third kappa shape index (κ3) is 0.490. The number of halogens is 1. The molecule has 0 saturated heterocycles. The molecule has 0 N–H and O–H groups in total. The Bertz CT molecular complexity index is 112. The largest absolute Gasteiger partial charge is 0.144 e. The smallest absolute Gasteiger partial charge is 0.136 e. The molecule has 0 aliphatic heterocycles. The fourth-order valence-electron chi connectivity index (χ4n) is 0.173. The van der Waals surface area contributed by atoms with E-state index in [4.69, 9.17) is 11.8 Å². The summed E-state index contributed by atoms with van der Waals surface area (Å²) in [5, 5.41) is 6.79. The van der Waals surface area contributed by atoms with E-state index in [1.165, 1.54) is 6.20 Å². The summed E-state index contributed by atoms with van der Waals surface area (Å²) < 4.78 is 0.917. The van der Waals surface area contributed by atoms with Crippen LogP contribution in [0.5, 0.6) is 0 Å². The molecule has 3 nitrogen and oxygen atoms in total. The molecule has 1 heterocycles. The number of aromatic nitrogens is 3. The fourth-order valence-corrected chi connectivity index (χ4v) is 0.260. The van der Waals surface area contributed by atoms with Gasteiger partial charge in [-0.05, 0) is 0 Å². The Hall–Kier alpha value is -0.570. The first-order valence-electron chi connectivity index (χ1n) is 1.34. The Morgan fingerprint density at radius 3 is 2.83 bits per heavy atom. The fraction of sp³-hybridized carbons (Fsp3) is 0. The molecule has 4 heteroatoms. The van der Waals surface area contributed by atoms with Crippen LogP contribution in [0.2, 0.25) is 0 Å². The molecular weight excluding hydrogens is 101 g/mol. The van der Waals surface area contributed by atoms with E-state index in [0.29, 0.717) is 0 Å². The van der Waals surface area contributed by atoms with E-state index in [0.717, 1.165) is 4.32 Å². The Morgan fingerprint density at radius 1 is 1.83 bits per heavy atom. The van der Waals surface area contributed by atoms with Crippen LogP contribution in [-0.4, -0.2) is 14.5 Å². The molecular formula is C2HClN3. The number of hydrogen-bond acceptors (Lipinski definition) is 2. The zero-order valence-electron chi connectivity index (χ0n) is 2.80. The number of hydrogen-bond donors (Lipinski definition) is 0. The lowest BCUT2D eigenvalue weighted by atomic mass is 11.0. The van der Waals surface area contributed by atoms with Crippen molar-refractivity contribution in [2.45, 2.75) is 0 Å². The van der Waals surface area contributed by atoms with E-state index in [2.05, 4.69) is 16.4 Å². The predicted octanol–water partition coefficient (Wildman–Crippen LogP) is 0.0802. The topological polar surface area (TPSA) is 30.7 Å². The summed E-state index contributed by atoms with van der Waals surface area (Å²) in [5.41, 5.74) is 0. The first-order valence-corrected chi connectivity index (χ1v) is 1.68. The summed E-state index contributed by atoms with van der Waals surface area (Å²) in [6.45, 7) is 0. The van der Waals surface area contributed by atoms with Gasteiger partial charge in [-0.1, -0.05) is 4.32 Å². The zero-order valence-corrected chi connectivity index (χ0v) is 3.55. The maximum atomic E-state index is 5.12. The standard InChI is InChI=1S/C2HClN3/c3-6-4-1-2-5-6/h1H. The summed E-state index contributed by atoms with van der Waals surface area (Å²) in [4.78, 5) is 0. The molecule has 0 bridgehead atoms. The normalized spacial score (nSPS) is 8.83. The van der Waals surface area contributed by atoms with Gasteiger partial charge in [-0.2, -0.15) is 0 Å². The molecule has 0 amide bonds. The third-order valence-electron chi connectivity index (χ3n) is 0.351. The van der Waals surface area contributed by atoms with Crippen molar-refractivity contribution in [2.24, 2.45) is 0 Å². The van der Waals surface area contributed by atoms with Gasteiger partial charge in [-0.15, -0.1) is 10.2 Å². The highest BCUT2D eigenvalue weighted by Crippen LogP contribution is 1.73. The average Bonchev–Trinajstić information content (AvgIpc) is 1.86. The third-order valence-corrected chi connectivity index (χ3v) is 0.514. The van der Waals surface area contributed by atoms with Crippen molar-refractivity contribution in [3.8, 4) is 0 Å². The molecule has 0 aliphatic carbocycles. The second-order valence-corrected chi connectivity index (χ2v) is 1.02. The van der Waals surface area contributed by atoms with E-state index in [1.807, 2.05) is 0 Å². The van der Waals surface area contributed by atoms with E-state index < -0.39 is 0 Å². The van der Waals surface area contributed by atoms with Crippen molar-refractivity contribution >= 4 is 11.8 Å². The molecule has 0 saturated carbocycles. The molecule has 0 unspecified atom stereocenters. The predicted molar refractivity (Wildman–Crippen MR) is 20.1 cm³/mol. The Morgan fingerprint density at radius 2 is 2.67 bits per heavy atom. The minimum atomic E-state index is 0.917. The summed E-state index contributed by atoms with van der Waals surface area (Å²) in [6.07, 6.45) is 3.78. The average molecular weight is 103 g/mol. The molecule has 31 valence electrons. The maximum absolute atomic E-state index is 5.12. The molecule has 6 heavy (non-hydrogen) atoms. The lowest BCUT2D eigenvalue weighted by Gasteiger charge is -1.69. The molecule has 0 spiro atoms. The van der Waals surface area contributed by atoms with E-state index in [9.17, 15) is 0 Å². The van der Waals surface area contributed by atoms with Gasteiger partial charge >= 0.3 is 0 Å². The summed E-state index contributed by atoms with van der Waals surface area (Å²) in [7, 11) is 0. The number of nitrogens with zero attached hydrogens (tertiary/aromatic N) is 3. The van der Waals surface area contributed by atoms with Gasteiger partial charge in [0.2, 0.25) is 0 Å². The Balaban J connectivity index is 3.05. The highest BCUT2D eigenvalue weighted by atomic mass is 35.5. The molecule has 0 aliphatic rings. The van der Waals surface area contributed by atoms with Crippen molar-refractivity contribution < 1.29 is 0 Å². The van der Waals surface area contributed by atoms with Crippen LogP contribution in [0.25, 0.3) is 0 Å². The van der Waals surface area contributed by atoms with Crippen molar-refractivity contribution in [1.29, 1.82) is 0 Å². The SMILES string of the molecule is Cln1n[c]cn1. The first-order chi connectivity index (χ1) is 2.89. The van der Waals surface area contributed by atoms with Crippen molar-refractivity contribution in [3.63, 3.8) is 0 Å². The number of rotatable bonds is 0. The second-order valence-electron chi connectivity index (χ2n) is 0.714. The van der Waals surface area contributed by atoms with Gasteiger partial charge in [-0.3, -0.25) is 0 Å². The van der Waals surface area contributed by atoms with Crippen LogP contribution in [0.1, 0.15) is 0 Å². The van der Waals surface area contributed by atoms with Gasteiger partial charge in [0.05, 0.1) is 18.0 Å². The van der Waals surface area contributed by atoms with Crippen molar-refractivity contribution in [2.75, 3.05) is 0 Å². The van der Waals surface area contributed by atoms with Gasteiger partial charge in [0, 0.05) is 0 Å².